The van der Waals surface area contributed by atoms with E-state index in [0.717, 1.165) is 5.56 Å². The van der Waals surface area contributed by atoms with Gasteiger partial charge in [-0.1, -0.05) is 6.07 Å². The summed E-state index contributed by atoms with van der Waals surface area (Å²) in [5.74, 6) is -0.770. The molecule has 2 unspecified atom stereocenters. The number of β-amino-alcohol motifs (C(OH)–C–C–N with tert-alkyl or cyclic N) is 1. The number of carbonyl (C=O) groups is 1. The lowest BCUT2D eigenvalue weighted by Gasteiger charge is -2.12. The van der Waals surface area contributed by atoms with Crippen LogP contribution in [0.1, 0.15) is 12.0 Å². The van der Waals surface area contributed by atoms with Crippen LogP contribution in [-0.2, 0) is 4.79 Å². The quantitative estimate of drug-likeness (QED) is 0.714. The highest BCUT2D eigenvalue weighted by atomic mass is 19.1. The minimum atomic E-state index is -0.506. The minimum Gasteiger partial charge on any atom is -0.392 e. The molecule has 1 aromatic rings. The van der Waals surface area contributed by atoms with Gasteiger partial charge in [-0.25, -0.2) is 4.39 Å². The van der Waals surface area contributed by atoms with Crippen molar-refractivity contribution in [3.05, 3.63) is 29.6 Å². The van der Waals surface area contributed by atoms with Crippen molar-refractivity contribution >= 4 is 11.6 Å². The summed E-state index contributed by atoms with van der Waals surface area (Å²) in [6, 6.07) is 4.09. The molecule has 5 heteroatoms. The zero-order chi connectivity index (χ0) is 12.4. The second kappa shape index (κ2) is 4.81. The molecule has 1 aliphatic rings. The topological polar surface area (TPSA) is 61.4 Å². The third kappa shape index (κ3) is 2.81. The Balaban J connectivity index is 2.05. The highest BCUT2D eigenvalue weighted by molar-refractivity contribution is 5.95. The fourth-order valence-electron chi connectivity index (χ4n) is 1.87. The predicted octanol–water partition coefficient (Wildman–Crippen LogP) is 0.795. The molecule has 1 fully saturated rings. The van der Waals surface area contributed by atoms with Crippen molar-refractivity contribution in [1.82, 2.24) is 5.32 Å². The summed E-state index contributed by atoms with van der Waals surface area (Å²) in [5, 5.41) is 14.7. The average molecular weight is 238 g/mol. The van der Waals surface area contributed by atoms with Gasteiger partial charge in [0.2, 0.25) is 5.91 Å². The summed E-state index contributed by atoms with van der Waals surface area (Å²) >= 11 is 0. The number of carbonyl (C=O) groups excluding carboxylic acids is 1. The van der Waals surface area contributed by atoms with Gasteiger partial charge < -0.3 is 15.7 Å². The lowest BCUT2D eigenvalue weighted by atomic mass is 10.1. The number of amides is 1. The smallest absolute Gasteiger partial charge is 0.241 e. The first-order valence-electron chi connectivity index (χ1n) is 5.54. The molecule has 0 saturated carbocycles. The fourth-order valence-corrected chi connectivity index (χ4v) is 1.87. The van der Waals surface area contributed by atoms with Gasteiger partial charge in [-0.3, -0.25) is 4.79 Å². The SMILES string of the molecule is Cc1ccc(F)c(NC(=O)C2CC(O)CN2)c1. The highest BCUT2D eigenvalue weighted by Gasteiger charge is 2.28. The lowest BCUT2D eigenvalue weighted by molar-refractivity contribution is -0.118. The Bertz CT molecular complexity index is 437. The van der Waals surface area contributed by atoms with E-state index in [1.165, 1.54) is 6.07 Å². The molecular weight excluding hydrogens is 223 g/mol. The van der Waals surface area contributed by atoms with E-state index in [1.54, 1.807) is 12.1 Å². The van der Waals surface area contributed by atoms with Crippen LogP contribution < -0.4 is 10.6 Å². The van der Waals surface area contributed by atoms with Crippen molar-refractivity contribution in [2.45, 2.75) is 25.5 Å². The molecular formula is C12H15FN2O2. The van der Waals surface area contributed by atoms with Crippen LogP contribution in [0.3, 0.4) is 0 Å². The molecule has 0 aliphatic carbocycles. The molecule has 0 bridgehead atoms. The van der Waals surface area contributed by atoms with Gasteiger partial charge >= 0.3 is 0 Å². The molecule has 2 atom stereocenters. The Labute approximate surface area is 98.8 Å². The van der Waals surface area contributed by atoms with Gasteiger partial charge in [-0.05, 0) is 31.0 Å². The predicted molar refractivity (Wildman–Crippen MR) is 62.2 cm³/mol. The Hall–Kier alpha value is -1.46. The second-order valence-electron chi connectivity index (χ2n) is 4.32. The van der Waals surface area contributed by atoms with Crippen molar-refractivity contribution in [3.8, 4) is 0 Å². The highest BCUT2D eigenvalue weighted by Crippen LogP contribution is 2.17. The molecule has 17 heavy (non-hydrogen) atoms. The summed E-state index contributed by atoms with van der Waals surface area (Å²) in [6.45, 7) is 2.22. The molecule has 1 saturated heterocycles. The Morgan fingerprint density at radius 1 is 1.59 bits per heavy atom. The van der Waals surface area contributed by atoms with Crippen molar-refractivity contribution in [1.29, 1.82) is 0 Å². The maximum atomic E-state index is 13.4. The molecule has 3 N–H and O–H groups in total. The largest absolute Gasteiger partial charge is 0.392 e. The van der Waals surface area contributed by atoms with Crippen LogP contribution in [-0.4, -0.2) is 29.7 Å². The molecule has 1 aliphatic heterocycles. The minimum absolute atomic E-state index is 0.179. The molecule has 1 heterocycles. The number of nitrogens with one attached hydrogen (secondary N) is 2. The van der Waals surface area contributed by atoms with Crippen molar-refractivity contribution in [2.75, 3.05) is 11.9 Å². The molecule has 1 aromatic carbocycles. The second-order valence-corrected chi connectivity index (χ2v) is 4.32. The molecule has 1 amide bonds. The Morgan fingerprint density at radius 2 is 2.35 bits per heavy atom. The van der Waals surface area contributed by atoms with Crippen LogP contribution in [0.5, 0.6) is 0 Å². The number of anilines is 1. The van der Waals surface area contributed by atoms with Gasteiger partial charge in [-0.2, -0.15) is 0 Å². The van der Waals surface area contributed by atoms with E-state index in [2.05, 4.69) is 10.6 Å². The number of hydrogen-bond donors (Lipinski definition) is 3. The van der Waals surface area contributed by atoms with Crippen molar-refractivity contribution in [3.63, 3.8) is 0 Å². The number of aliphatic hydroxyl groups is 1. The van der Waals surface area contributed by atoms with E-state index in [-0.39, 0.29) is 11.6 Å². The van der Waals surface area contributed by atoms with E-state index >= 15 is 0 Å². The number of aryl methyl sites for hydroxylation is 1. The van der Waals surface area contributed by atoms with Crippen LogP contribution >= 0.6 is 0 Å². The maximum absolute atomic E-state index is 13.4. The Morgan fingerprint density at radius 3 is 3.00 bits per heavy atom. The fraction of sp³-hybridized carbons (Fsp3) is 0.417. The molecule has 92 valence electrons. The molecule has 0 aromatic heterocycles. The van der Waals surface area contributed by atoms with Gasteiger partial charge in [0.25, 0.3) is 0 Å². The van der Waals surface area contributed by atoms with E-state index in [4.69, 9.17) is 0 Å². The maximum Gasteiger partial charge on any atom is 0.241 e. The molecule has 2 rings (SSSR count). The number of benzene rings is 1. The third-order valence-corrected chi connectivity index (χ3v) is 2.80. The number of rotatable bonds is 2. The molecule has 4 nitrogen and oxygen atoms in total. The summed E-state index contributed by atoms with van der Waals surface area (Å²) in [6.07, 6.45) is -0.146. The first-order chi connectivity index (χ1) is 8.06. The Kier molecular flexibility index (Phi) is 3.40. The monoisotopic (exact) mass is 238 g/mol. The van der Waals surface area contributed by atoms with E-state index in [9.17, 15) is 14.3 Å². The van der Waals surface area contributed by atoms with Gasteiger partial charge in [-0.15, -0.1) is 0 Å². The lowest BCUT2D eigenvalue weighted by Crippen LogP contribution is -2.35. The molecule has 0 spiro atoms. The van der Waals surface area contributed by atoms with Crippen molar-refractivity contribution in [2.24, 2.45) is 0 Å². The summed E-state index contributed by atoms with van der Waals surface area (Å²) in [4.78, 5) is 11.8. The first-order valence-corrected chi connectivity index (χ1v) is 5.54. The van der Waals surface area contributed by atoms with Gasteiger partial charge in [0, 0.05) is 6.54 Å². The summed E-state index contributed by atoms with van der Waals surface area (Å²) < 4.78 is 13.4. The zero-order valence-electron chi connectivity index (χ0n) is 9.53. The van der Waals surface area contributed by atoms with Crippen LogP contribution in [0.4, 0.5) is 10.1 Å². The van der Waals surface area contributed by atoms with Crippen LogP contribution in [0.2, 0.25) is 0 Å². The van der Waals surface area contributed by atoms with E-state index < -0.39 is 18.0 Å². The van der Waals surface area contributed by atoms with Crippen LogP contribution in [0, 0.1) is 12.7 Å². The van der Waals surface area contributed by atoms with Crippen LogP contribution in [0.25, 0.3) is 0 Å². The third-order valence-electron chi connectivity index (χ3n) is 2.80. The standard InChI is InChI=1S/C12H15FN2O2/c1-7-2-3-9(13)10(4-7)15-12(17)11-5-8(16)6-14-11/h2-4,8,11,14,16H,5-6H2,1H3,(H,15,17). The van der Waals surface area contributed by atoms with E-state index in [0.29, 0.717) is 13.0 Å². The van der Waals surface area contributed by atoms with Crippen LogP contribution in [0.15, 0.2) is 18.2 Å². The molecule has 0 radical (unpaired) electrons. The van der Waals surface area contributed by atoms with Gasteiger partial charge in [0.15, 0.2) is 0 Å². The summed E-state index contributed by atoms with van der Waals surface area (Å²) in [5.41, 5.74) is 1.05. The first kappa shape index (κ1) is 12.0. The number of aliphatic hydroxyl groups excluding tert-OH is 1. The van der Waals surface area contributed by atoms with Crippen molar-refractivity contribution < 1.29 is 14.3 Å². The van der Waals surface area contributed by atoms with Gasteiger partial charge in [0.1, 0.15) is 5.82 Å². The number of hydrogen-bond acceptors (Lipinski definition) is 3. The van der Waals surface area contributed by atoms with Gasteiger partial charge in [0.05, 0.1) is 17.8 Å². The number of halogens is 1. The van der Waals surface area contributed by atoms with E-state index in [1.807, 2.05) is 6.92 Å². The summed E-state index contributed by atoms with van der Waals surface area (Å²) in [7, 11) is 0. The average Bonchev–Trinajstić information content (AvgIpc) is 2.70. The zero-order valence-corrected chi connectivity index (χ0v) is 9.53. The normalized spacial score (nSPS) is 23.7.